The van der Waals surface area contributed by atoms with E-state index in [1.54, 1.807) is 6.20 Å². The number of aromatic nitrogens is 3. The van der Waals surface area contributed by atoms with Crippen LogP contribution in [0.4, 0.5) is 5.82 Å². The van der Waals surface area contributed by atoms with Crippen LogP contribution in [0, 0.1) is 5.92 Å². The number of rotatable bonds is 3. The van der Waals surface area contributed by atoms with Crippen molar-refractivity contribution in [1.29, 1.82) is 0 Å². The van der Waals surface area contributed by atoms with Gasteiger partial charge in [-0.25, -0.2) is 0 Å². The number of amides is 1. The fraction of sp³-hybridized carbons (Fsp3) is 0.444. The molecule has 1 amide bonds. The average Bonchev–Trinajstić information content (AvgIpc) is 3.41. The van der Waals surface area contributed by atoms with Crippen LogP contribution in [0.25, 0.3) is 0 Å². The highest BCUT2D eigenvalue weighted by Gasteiger charge is 2.46. The molecule has 3 heterocycles. The summed E-state index contributed by atoms with van der Waals surface area (Å²) in [5, 5.41) is 8.55. The van der Waals surface area contributed by atoms with Gasteiger partial charge in [0.05, 0.1) is 5.69 Å². The van der Waals surface area contributed by atoms with Crippen LogP contribution in [0.5, 0.6) is 0 Å². The van der Waals surface area contributed by atoms with E-state index in [1.165, 1.54) is 5.56 Å². The largest absolute Gasteiger partial charge is 0.361 e. The molecular formula is C18H21N5O. The monoisotopic (exact) mass is 323 g/mol. The molecule has 0 aromatic carbocycles. The molecule has 0 unspecified atom stereocenters. The number of carbonyl (C=O) groups excluding carboxylic acids is 1. The second-order valence-corrected chi connectivity index (χ2v) is 6.81. The molecule has 1 fully saturated rings. The number of carbonyl (C=O) groups is 1. The molecule has 0 radical (unpaired) electrons. The Kier molecular flexibility index (Phi) is 3.67. The third-order valence-corrected chi connectivity index (χ3v) is 4.92. The summed E-state index contributed by atoms with van der Waals surface area (Å²) >= 11 is 0. The molecule has 0 bridgehead atoms. The standard InChI is InChI=1S/C18H21N5O/c1-22(2)17-8-13-11-23(7-5-16(13)20-21-17)18(24)15-9-14(15)12-4-3-6-19-10-12/h3-4,6,8,10,14-15H,5,7,9,11H2,1-2H3/t14-,15-/m0/s1. The van der Waals surface area contributed by atoms with Crippen molar-refractivity contribution >= 4 is 11.7 Å². The molecule has 2 aliphatic rings. The quantitative estimate of drug-likeness (QED) is 0.859. The summed E-state index contributed by atoms with van der Waals surface area (Å²) in [7, 11) is 3.90. The Hall–Kier alpha value is -2.50. The van der Waals surface area contributed by atoms with Crippen LogP contribution in [0.2, 0.25) is 0 Å². The average molecular weight is 323 g/mol. The van der Waals surface area contributed by atoms with Gasteiger partial charge in [-0.1, -0.05) is 6.07 Å². The predicted octanol–water partition coefficient (Wildman–Crippen LogP) is 1.63. The number of hydrogen-bond donors (Lipinski definition) is 0. The third kappa shape index (κ3) is 2.72. The molecule has 0 N–H and O–H groups in total. The lowest BCUT2D eigenvalue weighted by molar-refractivity contribution is -0.133. The number of pyridine rings is 1. The Balaban J connectivity index is 1.47. The van der Waals surface area contributed by atoms with E-state index in [1.807, 2.05) is 42.2 Å². The molecule has 124 valence electrons. The minimum Gasteiger partial charge on any atom is -0.361 e. The molecule has 6 heteroatoms. The first-order valence-corrected chi connectivity index (χ1v) is 8.35. The zero-order valence-electron chi connectivity index (χ0n) is 14.0. The Morgan fingerprint density at radius 1 is 1.33 bits per heavy atom. The van der Waals surface area contributed by atoms with Gasteiger partial charge in [0, 0.05) is 51.9 Å². The summed E-state index contributed by atoms with van der Waals surface area (Å²) in [5.74, 6) is 1.54. The highest BCUT2D eigenvalue weighted by molar-refractivity contribution is 5.83. The summed E-state index contributed by atoms with van der Waals surface area (Å²) in [4.78, 5) is 20.9. The van der Waals surface area contributed by atoms with Crippen LogP contribution < -0.4 is 4.90 Å². The molecule has 0 saturated heterocycles. The van der Waals surface area contributed by atoms with Crippen molar-refractivity contribution in [3.8, 4) is 0 Å². The Labute approximate surface area is 141 Å². The Morgan fingerprint density at radius 3 is 2.96 bits per heavy atom. The second kappa shape index (κ2) is 5.85. The highest BCUT2D eigenvalue weighted by atomic mass is 16.2. The van der Waals surface area contributed by atoms with Crippen molar-refractivity contribution < 1.29 is 4.79 Å². The molecule has 1 saturated carbocycles. The second-order valence-electron chi connectivity index (χ2n) is 6.81. The van der Waals surface area contributed by atoms with E-state index in [4.69, 9.17) is 0 Å². The lowest BCUT2D eigenvalue weighted by Crippen LogP contribution is -2.37. The van der Waals surface area contributed by atoms with Crippen LogP contribution in [-0.4, -0.2) is 46.6 Å². The number of anilines is 1. The van der Waals surface area contributed by atoms with Gasteiger partial charge in [-0.05, 0) is 35.6 Å². The van der Waals surface area contributed by atoms with E-state index in [0.29, 0.717) is 12.5 Å². The summed E-state index contributed by atoms with van der Waals surface area (Å²) in [6.45, 7) is 1.37. The van der Waals surface area contributed by atoms with Crippen LogP contribution >= 0.6 is 0 Å². The molecule has 0 spiro atoms. The summed E-state index contributed by atoms with van der Waals surface area (Å²) < 4.78 is 0. The number of fused-ring (bicyclic) bond motifs is 1. The lowest BCUT2D eigenvalue weighted by atomic mass is 10.0. The SMILES string of the molecule is CN(C)c1cc2c(nn1)CCN(C(=O)[C@H]1C[C@H]1c1cccnc1)C2. The van der Waals surface area contributed by atoms with Crippen LogP contribution in [0.15, 0.2) is 30.6 Å². The number of hydrogen-bond acceptors (Lipinski definition) is 5. The van der Waals surface area contributed by atoms with Crippen molar-refractivity contribution in [2.45, 2.75) is 25.3 Å². The van der Waals surface area contributed by atoms with Crippen molar-refractivity contribution in [3.05, 3.63) is 47.4 Å². The lowest BCUT2D eigenvalue weighted by Gasteiger charge is -2.29. The maximum atomic E-state index is 12.8. The van der Waals surface area contributed by atoms with Gasteiger partial charge in [0.1, 0.15) is 0 Å². The maximum Gasteiger partial charge on any atom is 0.226 e. The molecule has 2 aromatic heterocycles. The molecule has 6 nitrogen and oxygen atoms in total. The molecule has 1 aliphatic carbocycles. The van der Waals surface area contributed by atoms with E-state index in [9.17, 15) is 4.79 Å². The van der Waals surface area contributed by atoms with Gasteiger partial charge >= 0.3 is 0 Å². The normalized spacial score (nSPS) is 22.0. The molecule has 1 aliphatic heterocycles. The zero-order valence-corrected chi connectivity index (χ0v) is 14.0. The molecule has 2 atom stereocenters. The smallest absolute Gasteiger partial charge is 0.226 e. The van der Waals surface area contributed by atoms with Gasteiger partial charge in [0.15, 0.2) is 5.82 Å². The Bertz CT molecular complexity index is 761. The van der Waals surface area contributed by atoms with E-state index in [0.717, 1.165) is 36.5 Å². The minimum atomic E-state index is 0.110. The fourth-order valence-corrected chi connectivity index (χ4v) is 3.39. The van der Waals surface area contributed by atoms with Gasteiger partial charge in [-0.3, -0.25) is 9.78 Å². The summed E-state index contributed by atoms with van der Waals surface area (Å²) in [6.07, 6.45) is 5.37. The summed E-state index contributed by atoms with van der Waals surface area (Å²) in [5.41, 5.74) is 3.31. The van der Waals surface area contributed by atoms with Gasteiger partial charge < -0.3 is 9.80 Å². The third-order valence-electron chi connectivity index (χ3n) is 4.92. The van der Waals surface area contributed by atoms with E-state index in [-0.39, 0.29) is 11.8 Å². The van der Waals surface area contributed by atoms with Crippen LogP contribution in [-0.2, 0) is 17.8 Å². The first-order valence-electron chi connectivity index (χ1n) is 8.35. The Morgan fingerprint density at radius 2 is 2.21 bits per heavy atom. The van der Waals surface area contributed by atoms with Crippen molar-refractivity contribution in [2.24, 2.45) is 5.92 Å². The minimum absolute atomic E-state index is 0.110. The van der Waals surface area contributed by atoms with Gasteiger partial charge in [0.25, 0.3) is 0 Å². The van der Waals surface area contributed by atoms with E-state index >= 15 is 0 Å². The summed E-state index contributed by atoms with van der Waals surface area (Å²) in [6, 6.07) is 6.05. The van der Waals surface area contributed by atoms with Gasteiger partial charge in [-0.15, -0.1) is 5.10 Å². The van der Waals surface area contributed by atoms with E-state index < -0.39 is 0 Å². The van der Waals surface area contributed by atoms with Gasteiger partial charge in [-0.2, -0.15) is 5.10 Å². The molecule has 24 heavy (non-hydrogen) atoms. The number of nitrogens with zero attached hydrogens (tertiary/aromatic N) is 5. The molecule has 2 aromatic rings. The van der Waals surface area contributed by atoms with Crippen LogP contribution in [0.1, 0.15) is 29.2 Å². The van der Waals surface area contributed by atoms with Crippen molar-refractivity contribution in [3.63, 3.8) is 0 Å². The van der Waals surface area contributed by atoms with Crippen LogP contribution in [0.3, 0.4) is 0 Å². The highest BCUT2D eigenvalue weighted by Crippen LogP contribution is 2.48. The molecule has 4 rings (SSSR count). The predicted molar refractivity (Wildman–Crippen MR) is 90.6 cm³/mol. The fourth-order valence-electron chi connectivity index (χ4n) is 3.39. The first kappa shape index (κ1) is 15.1. The zero-order chi connectivity index (χ0) is 16.7. The van der Waals surface area contributed by atoms with Crippen molar-refractivity contribution in [2.75, 3.05) is 25.5 Å². The van der Waals surface area contributed by atoms with E-state index in [2.05, 4.69) is 21.2 Å². The maximum absolute atomic E-state index is 12.8. The topological polar surface area (TPSA) is 62.2 Å². The van der Waals surface area contributed by atoms with Gasteiger partial charge in [0.2, 0.25) is 5.91 Å². The molecular weight excluding hydrogens is 302 g/mol. The van der Waals surface area contributed by atoms with Crippen molar-refractivity contribution in [1.82, 2.24) is 20.1 Å². The first-order chi connectivity index (χ1) is 11.6.